The van der Waals surface area contributed by atoms with Gasteiger partial charge in [-0.2, -0.15) is 0 Å². The first-order chi connectivity index (χ1) is 7.68. The summed E-state index contributed by atoms with van der Waals surface area (Å²) < 4.78 is 19.3. The van der Waals surface area contributed by atoms with Crippen LogP contribution in [-0.4, -0.2) is 18.3 Å². The number of benzene rings is 1. The minimum atomic E-state index is -0.746. The van der Waals surface area contributed by atoms with Crippen molar-refractivity contribution in [1.29, 1.82) is 0 Å². The lowest BCUT2D eigenvalue weighted by atomic mass is 9.96. The highest BCUT2D eigenvalue weighted by Crippen LogP contribution is 2.30. The Kier molecular flexibility index (Phi) is 3.95. The number of hydrogen-bond donors (Lipinski definition) is 1. The number of hydrogen-bond acceptors (Lipinski definition) is 2. The third kappa shape index (κ3) is 2.62. The average Bonchev–Trinajstić information content (AvgIpc) is 2.74. The van der Waals surface area contributed by atoms with Crippen molar-refractivity contribution in [2.45, 2.75) is 18.9 Å². The van der Waals surface area contributed by atoms with E-state index in [4.69, 9.17) is 4.74 Å². The lowest BCUT2D eigenvalue weighted by molar-refractivity contribution is 0.126. The Balaban J connectivity index is 2.07. The lowest BCUT2D eigenvalue weighted by Crippen LogP contribution is -2.09. The van der Waals surface area contributed by atoms with Crippen LogP contribution in [0.1, 0.15) is 24.5 Å². The average molecular weight is 289 g/mol. The monoisotopic (exact) mass is 288 g/mol. The van der Waals surface area contributed by atoms with E-state index in [1.807, 2.05) is 0 Å². The summed E-state index contributed by atoms with van der Waals surface area (Å²) in [5.74, 6) is -0.0257. The number of rotatable bonds is 3. The molecule has 1 N–H and O–H groups in total. The van der Waals surface area contributed by atoms with Crippen LogP contribution in [0.25, 0.3) is 0 Å². The molecule has 0 saturated carbocycles. The Bertz CT molecular complexity index is 364. The van der Waals surface area contributed by atoms with Crippen molar-refractivity contribution < 1.29 is 14.2 Å². The fourth-order valence-corrected chi connectivity index (χ4v) is 2.37. The van der Waals surface area contributed by atoms with E-state index in [-0.39, 0.29) is 5.82 Å². The molecule has 2 nitrogen and oxygen atoms in total. The zero-order valence-corrected chi connectivity index (χ0v) is 10.4. The van der Waals surface area contributed by atoms with Crippen LogP contribution in [0.3, 0.4) is 0 Å². The van der Waals surface area contributed by atoms with Crippen molar-refractivity contribution in [2.24, 2.45) is 5.92 Å². The van der Waals surface area contributed by atoms with Crippen LogP contribution < -0.4 is 0 Å². The summed E-state index contributed by atoms with van der Waals surface area (Å²) in [6, 6.07) is 4.99. The molecule has 16 heavy (non-hydrogen) atoms. The molecule has 1 aromatic rings. The fraction of sp³-hybridized carbons (Fsp3) is 0.500. The number of halogens is 2. The van der Waals surface area contributed by atoms with Gasteiger partial charge in [0.1, 0.15) is 5.82 Å². The molecular weight excluding hydrogens is 275 g/mol. The van der Waals surface area contributed by atoms with E-state index < -0.39 is 6.10 Å². The van der Waals surface area contributed by atoms with Crippen molar-refractivity contribution in [3.05, 3.63) is 34.1 Å². The minimum absolute atomic E-state index is 0.341. The molecule has 1 aliphatic rings. The molecule has 2 atom stereocenters. The number of aliphatic hydroxyl groups excluding tert-OH is 1. The van der Waals surface area contributed by atoms with Crippen molar-refractivity contribution in [3.8, 4) is 0 Å². The maximum absolute atomic E-state index is 13.7. The Morgan fingerprint density at radius 3 is 3.06 bits per heavy atom. The van der Waals surface area contributed by atoms with Crippen LogP contribution in [0.2, 0.25) is 0 Å². The second-order valence-corrected chi connectivity index (χ2v) is 4.98. The smallest absolute Gasteiger partial charge is 0.143 e. The van der Waals surface area contributed by atoms with Crippen LogP contribution >= 0.6 is 15.9 Å². The van der Waals surface area contributed by atoms with Gasteiger partial charge >= 0.3 is 0 Å². The summed E-state index contributed by atoms with van der Waals surface area (Å²) in [7, 11) is 0. The zero-order valence-electron chi connectivity index (χ0n) is 8.83. The molecule has 4 heteroatoms. The van der Waals surface area contributed by atoms with E-state index in [1.54, 1.807) is 18.2 Å². The van der Waals surface area contributed by atoms with Crippen molar-refractivity contribution in [2.75, 3.05) is 13.2 Å². The Morgan fingerprint density at radius 2 is 2.38 bits per heavy atom. The molecular formula is C12H14BrFO2. The first-order valence-corrected chi connectivity index (χ1v) is 6.17. The second kappa shape index (κ2) is 5.25. The van der Waals surface area contributed by atoms with Crippen molar-refractivity contribution in [3.63, 3.8) is 0 Å². The van der Waals surface area contributed by atoms with Gasteiger partial charge in [-0.1, -0.05) is 12.1 Å². The molecule has 0 amide bonds. The molecule has 0 aromatic heterocycles. The molecule has 1 saturated heterocycles. The first-order valence-electron chi connectivity index (χ1n) is 5.38. The lowest BCUT2D eigenvalue weighted by Gasteiger charge is -2.15. The van der Waals surface area contributed by atoms with E-state index in [2.05, 4.69) is 15.9 Å². The molecule has 1 aliphatic heterocycles. The van der Waals surface area contributed by atoms with Gasteiger partial charge in [0.05, 0.1) is 10.6 Å². The van der Waals surface area contributed by atoms with E-state index in [9.17, 15) is 9.50 Å². The molecule has 0 radical (unpaired) electrons. The van der Waals surface area contributed by atoms with Crippen LogP contribution in [0.15, 0.2) is 22.7 Å². The SMILES string of the molecule is OC(CC1CCOC1)c1cccc(Br)c1F. The summed E-state index contributed by atoms with van der Waals surface area (Å²) in [5.41, 5.74) is 0.362. The van der Waals surface area contributed by atoms with Gasteiger partial charge in [-0.15, -0.1) is 0 Å². The van der Waals surface area contributed by atoms with Crippen LogP contribution in [0.5, 0.6) is 0 Å². The zero-order chi connectivity index (χ0) is 11.5. The molecule has 1 heterocycles. The van der Waals surface area contributed by atoms with E-state index in [0.29, 0.717) is 29.0 Å². The topological polar surface area (TPSA) is 29.5 Å². The summed E-state index contributed by atoms with van der Waals surface area (Å²) in [4.78, 5) is 0. The fourth-order valence-electron chi connectivity index (χ4n) is 1.99. The van der Waals surface area contributed by atoms with Gasteiger partial charge in [0, 0.05) is 18.8 Å². The Hall–Kier alpha value is -0.450. The van der Waals surface area contributed by atoms with Gasteiger partial charge in [-0.3, -0.25) is 0 Å². The highest BCUT2D eigenvalue weighted by atomic mass is 79.9. The maximum Gasteiger partial charge on any atom is 0.143 e. The predicted octanol–water partition coefficient (Wildman–Crippen LogP) is 3.05. The van der Waals surface area contributed by atoms with E-state index in [0.717, 1.165) is 13.0 Å². The van der Waals surface area contributed by atoms with Crippen molar-refractivity contribution >= 4 is 15.9 Å². The van der Waals surface area contributed by atoms with Gasteiger partial charge in [0.15, 0.2) is 0 Å². The third-order valence-electron chi connectivity index (χ3n) is 2.92. The second-order valence-electron chi connectivity index (χ2n) is 4.12. The maximum atomic E-state index is 13.7. The normalized spacial score (nSPS) is 22.3. The van der Waals surface area contributed by atoms with Crippen LogP contribution in [0, 0.1) is 11.7 Å². The van der Waals surface area contributed by atoms with Crippen LogP contribution in [0.4, 0.5) is 4.39 Å². The summed E-state index contributed by atoms with van der Waals surface area (Å²) >= 11 is 3.12. The van der Waals surface area contributed by atoms with E-state index >= 15 is 0 Å². The molecule has 0 bridgehead atoms. The highest BCUT2D eigenvalue weighted by Gasteiger charge is 2.22. The first kappa shape index (κ1) is 12.0. The Morgan fingerprint density at radius 1 is 1.56 bits per heavy atom. The highest BCUT2D eigenvalue weighted by molar-refractivity contribution is 9.10. The Labute approximate surface area is 103 Å². The van der Waals surface area contributed by atoms with Gasteiger partial charge in [-0.25, -0.2) is 4.39 Å². The predicted molar refractivity (Wildman–Crippen MR) is 62.6 cm³/mol. The molecule has 0 spiro atoms. The molecule has 2 rings (SSSR count). The largest absolute Gasteiger partial charge is 0.388 e. The van der Waals surface area contributed by atoms with Crippen molar-refractivity contribution in [1.82, 2.24) is 0 Å². The van der Waals surface area contributed by atoms with E-state index in [1.165, 1.54) is 0 Å². The summed E-state index contributed by atoms with van der Waals surface area (Å²) in [5, 5.41) is 9.97. The molecule has 1 aromatic carbocycles. The number of ether oxygens (including phenoxy) is 1. The molecule has 88 valence electrons. The molecule has 1 fully saturated rings. The summed E-state index contributed by atoms with van der Waals surface area (Å²) in [6.07, 6.45) is 0.768. The number of aliphatic hydroxyl groups is 1. The van der Waals surface area contributed by atoms with Gasteiger partial charge < -0.3 is 9.84 Å². The third-order valence-corrected chi connectivity index (χ3v) is 3.53. The standard InChI is InChI=1S/C12H14BrFO2/c13-10-3-1-2-9(12(10)14)11(15)6-8-4-5-16-7-8/h1-3,8,11,15H,4-7H2. The van der Waals surface area contributed by atoms with Gasteiger partial charge in [-0.05, 0) is 40.8 Å². The summed E-state index contributed by atoms with van der Waals surface area (Å²) in [6.45, 7) is 1.42. The molecule has 2 unspecified atom stereocenters. The minimum Gasteiger partial charge on any atom is -0.388 e. The van der Waals surface area contributed by atoms with Crippen LogP contribution in [-0.2, 0) is 4.74 Å². The van der Waals surface area contributed by atoms with Gasteiger partial charge in [0.2, 0.25) is 0 Å². The molecule has 0 aliphatic carbocycles. The quantitative estimate of drug-likeness (QED) is 0.926. The van der Waals surface area contributed by atoms with Gasteiger partial charge in [0.25, 0.3) is 0 Å².